The molecule has 9 heteroatoms. The number of nitrogens with one attached hydrogen (secondary N) is 1. The first kappa shape index (κ1) is 21.5. The van der Waals surface area contributed by atoms with E-state index in [0.29, 0.717) is 54.0 Å². The Kier molecular flexibility index (Phi) is 5.54. The highest BCUT2D eigenvalue weighted by atomic mass is 31.2. The summed E-state index contributed by atoms with van der Waals surface area (Å²) in [6.45, 7) is 2.92. The van der Waals surface area contributed by atoms with E-state index < -0.39 is 13.0 Å². The number of benzene rings is 2. The molecule has 1 aliphatic heterocycles. The molecule has 0 unspecified atom stereocenters. The molecule has 2 aromatic heterocycles. The van der Waals surface area contributed by atoms with Gasteiger partial charge in [-0.3, -0.25) is 4.79 Å². The third-order valence-corrected chi connectivity index (χ3v) is 9.21. The van der Waals surface area contributed by atoms with E-state index in [4.69, 9.17) is 0 Å². The van der Waals surface area contributed by atoms with Crippen LogP contribution in [0.4, 0.5) is 10.2 Å². The van der Waals surface area contributed by atoms with Crippen LogP contribution in [0.5, 0.6) is 0 Å². The van der Waals surface area contributed by atoms with Crippen molar-refractivity contribution in [2.45, 2.75) is 13.3 Å². The summed E-state index contributed by atoms with van der Waals surface area (Å²) in [6.07, 6.45) is 2.88. The Labute approximate surface area is 190 Å². The highest BCUT2D eigenvalue weighted by molar-refractivity contribution is 7.71. The molecule has 1 fully saturated rings. The second-order valence-electron chi connectivity index (χ2n) is 8.29. The first-order valence-corrected chi connectivity index (χ1v) is 12.9. The Balaban J connectivity index is 1.41. The van der Waals surface area contributed by atoms with Gasteiger partial charge in [-0.1, -0.05) is 24.3 Å². The smallest absolute Gasteiger partial charge is 0.272 e. The Bertz CT molecular complexity index is 1440. The van der Waals surface area contributed by atoms with Gasteiger partial charge in [0.2, 0.25) is 0 Å². The number of halogens is 1. The lowest BCUT2D eigenvalue weighted by molar-refractivity contribution is 0.571. The third kappa shape index (κ3) is 4.18. The zero-order chi connectivity index (χ0) is 23.0. The number of H-pyrrole nitrogens is 1. The predicted octanol–water partition coefficient (Wildman–Crippen LogP) is 3.26. The number of aromatic amines is 1. The van der Waals surface area contributed by atoms with Gasteiger partial charge in [-0.05, 0) is 36.8 Å². The number of nitrogens with zero attached hydrogens (tertiary/aromatic N) is 4. The Hall–Kier alpha value is -3.38. The molecular weight excluding hydrogens is 440 g/mol. The Morgan fingerprint density at radius 3 is 2.61 bits per heavy atom. The molecule has 1 aliphatic rings. The molecule has 0 spiro atoms. The zero-order valence-corrected chi connectivity index (χ0v) is 19.1. The van der Waals surface area contributed by atoms with Crippen LogP contribution < -0.4 is 15.8 Å². The van der Waals surface area contributed by atoms with Crippen LogP contribution >= 0.6 is 7.14 Å². The summed E-state index contributed by atoms with van der Waals surface area (Å²) < 4.78 is 28.6. The molecule has 0 bridgehead atoms. The lowest BCUT2D eigenvalue weighted by Crippen LogP contribution is -2.38. The number of hydrogen-bond acceptors (Lipinski definition) is 6. The van der Waals surface area contributed by atoms with Crippen LogP contribution in [0.1, 0.15) is 17.1 Å². The second kappa shape index (κ2) is 8.52. The Morgan fingerprint density at radius 2 is 1.85 bits per heavy atom. The standard InChI is InChI=1S/C24H23FN5O2P/c1-16-26-9-8-23(27-16)30-10-12-33(32,13-11-30)22-15-17(6-7-20(22)25)14-21-18-4-2-3-5-19(18)24(31)29-28-21/h2-9,15H,10-14H2,1H3,(H,29,31). The summed E-state index contributed by atoms with van der Waals surface area (Å²) in [4.78, 5) is 22.7. The van der Waals surface area contributed by atoms with Crippen molar-refractivity contribution in [1.29, 1.82) is 0 Å². The number of aromatic nitrogens is 4. The van der Waals surface area contributed by atoms with Crippen LogP contribution in [0, 0.1) is 12.7 Å². The van der Waals surface area contributed by atoms with Gasteiger partial charge in [0.1, 0.15) is 24.6 Å². The summed E-state index contributed by atoms with van der Waals surface area (Å²) in [6, 6.07) is 13.9. The maximum Gasteiger partial charge on any atom is 0.272 e. The van der Waals surface area contributed by atoms with Crippen molar-refractivity contribution in [1.82, 2.24) is 20.2 Å². The molecule has 5 rings (SSSR count). The molecule has 3 heterocycles. The number of anilines is 1. The van der Waals surface area contributed by atoms with E-state index in [-0.39, 0.29) is 5.56 Å². The molecule has 2 aromatic carbocycles. The normalized spacial score (nSPS) is 15.6. The van der Waals surface area contributed by atoms with Gasteiger partial charge < -0.3 is 9.46 Å². The number of rotatable bonds is 4. The predicted molar refractivity (Wildman–Crippen MR) is 128 cm³/mol. The monoisotopic (exact) mass is 463 g/mol. The van der Waals surface area contributed by atoms with E-state index in [2.05, 4.69) is 25.1 Å². The fourth-order valence-electron chi connectivity index (χ4n) is 4.36. The van der Waals surface area contributed by atoms with Crippen molar-refractivity contribution in [3.63, 3.8) is 0 Å². The molecule has 7 nitrogen and oxygen atoms in total. The van der Waals surface area contributed by atoms with E-state index in [1.54, 1.807) is 30.5 Å². The van der Waals surface area contributed by atoms with E-state index in [1.165, 1.54) is 6.07 Å². The van der Waals surface area contributed by atoms with Crippen molar-refractivity contribution in [2.24, 2.45) is 0 Å². The number of hydrogen-bond donors (Lipinski definition) is 1. The Morgan fingerprint density at radius 1 is 1.09 bits per heavy atom. The zero-order valence-electron chi connectivity index (χ0n) is 18.2. The van der Waals surface area contributed by atoms with Gasteiger partial charge >= 0.3 is 0 Å². The minimum Gasteiger partial charge on any atom is -0.356 e. The SMILES string of the molecule is Cc1nccc(N2CCP(=O)(c3cc(Cc4n[nH]c(=O)c5ccccc45)ccc3F)CC2)n1. The van der Waals surface area contributed by atoms with Crippen LogP contribution in [0.15, 0.2) is 59.5 Å². The fourth-order valence-corrected chi connectivity index (χ4v) is 7.06. The largest absolute Gasteiger partial charge is 0.356 e. The molecule has 0 radical (unpaired) electrons. The first-order valence-electron chi connectivity index (χ1n) is 10.8. The number of aryl methyl sites for hydroxylation is 1. The first-order chi connectivity index (χ1) is 15.9. The van der Waals surface area contributed by atoms with E-state index >= 15 is 0 Å². The molecule has 0 saturated carbocycles. The van der Waals surface area contributed by atoms with Gasteiger partial charge in [0.05, 0.1) is 11.1 Å². The van der Waals surface area contributed by atoms with Crippen molar-refractivity contribution in [3.8, 4) is 0 Å². The van der Waals surface area contributed by atoms with Crippen LogP contribution in [-0.4, -0.2) is 45.6 Å². The molecule has 0 amide bonds. The lowest BCUT2D eigenvalue weighted by atomic mass is 10.0. The van der Waals surface area contributed by atoms with Crippen molar-refractivity contribution in [2.75, 3.05) is 30.3 Å². The fraction of sp³-hybridized carbons (Fsp3) is 0.250. The molecule has 1 N–H and O–H groups in total. The van der Waals surface area contributed by atoms with Gasteiger partial charge in [0.15, 0.2) is 0 Å². The summed E-state index contributed by atoms with van der Waals surface area (Å²) in [5.41, 5.74) is 1.25. The van der Waals surface area contributed by atoms with Gasteiger partial charge in [-0.15, -0.1) is 0 Å². The molecule has 4 aromatic rings. The minimum atomic E-state index is -2.90. The van der Waals surface area contributed by atoms with E-state index in [1.807, 2.05) is 25.1 Å². The molecule has 0 aliphatic carbocycles. The third-order valence-electron chi connectivity index (χ3n) is 6.14. The summed E-state index contributed by atoms with van der Waals surface area (Å²) in [5, 5.41) is 8.36. The highest BCUT2D eigenvalue weighted by Crippen LogP contribution is 2.47. The van der Waals surface area contributed by atoms with Gasteiger partial charge in [0.25, 0.3) is 5.56 Å². The molecule has 1 saturated heterocycles. The van der Waals surface area contributed by atoms with Crippen molar-refractivity contribution < 1.29 is 8.96 Å². The average Bonchev–Trinajstić information content (AvgIpc) is 2.82. The van der Waals surface area contributed by atoms with Gasteiger partial charge in [0, 0.05) is 48.7 Å². The maximum atomic E-state index is 14.8. The van der Waals surface area contributed by atoms with Gasteiger partial charge in [-0.2, -0.15) is 5.10 Å². The quantitative estimate of drug-likeness (QED) is 0.467. The highest BCUT2D eigenvalue weighted by Gasteiger charge is 2.33. The number of fused-ring (bicyclic) bond motifs is 1. The molecular formula is C24H23FN5O2P. The summed E-state index contributed by atoms with van der Waals surface area (Å²) in [7, 11) is -2.90. The van der Waals surface area contributed by atoms with Crippen molar-refractivity contribution in [3.05, 3.63) is 88.0 Å². The summed E-state index contributed by atoms with van der Waals surface area (Å²) in [5.74, 6) is 1.05. The average molecular weight is 463 g/mol. The van der Waals surface area contributed by atoms with Crippen LogP contribution in [-0.2, 0) is 11.0 Å². The topological polar surface area (TPSA) is 91.8 Å². The molecule has 168 valence electrons. The van der Waals surface area contributed by atoms with Gasteiger partial charge in [-0.25, -0.2) is 19.5 Å². The van der Waals surface area contributed by atoms with Crippen LogP contribution in [0.25, 0.3) is 10.8 Å². The summed E-state index contributed by atoms with van der Waals surface area (Å²) >= 11 is 0. The van der Waals surface area contributed by atoms with Crippen LogP contribution in [0.3, 0.4) is 0 Å². The molecule has 33 heavy (non-hydrogen) atoms. The lowest BCUT2D eigenvalue weighted by Gasteiger charge is -2.33. The minimum absolute atomic E-state index is 0.246. The molecule has 0 atom stereocenters. The van der Waals surface area contributed by atoms with Crippen molar-refractivity contribution >= 4 is 29.0 Å². The maximum absolute atomic E-state index is 14.8. The van der Waals surface area contributed by atoms with E-state index in [0.717, 1.165) is 16.8 Å². The van der Waals surface area contributed by atoms with E-state index in [9.17, 15) is 13.8 Å². The van der Waals surface area contributed by atoms with Crippen LogP contribution in [0.2, 0.25) is 0 Å². The second-order valence-corrected chi connectivity index (χ2v) is 11.4.